The number of aliphatic carboxylic acids is 1. The van der Waals surface area contributed by atoms with Crippen molar-refractivity contribution in [2.24, 2.45) is 17.4 Å². The molecule has 0 aromatic heterocycles. The van der Waals surface area contributed by atoms with Crippen LogP contribution < -0.4 is 27.4 Å². The molecular formula is C17H31N5O6S. The summed E-state index contributed by atoms with van der Waals surface area (Å²) in [5.74, 6) is -3.86. The van der Waals surface area contributed by atoms with Crippen molar-refractivity contribution in [3.8, 4) is 0 Å². The van der Waals surface area contributed by atoms with Gasteiger partial charge in [-0.3, -0.25) is 19.2 Å². The maximum atomic E-state index is 12.4. The van der Waals surface area contributed by atoms with E-state index >= 15 is 0 Å². The van der Waals surface area contributed by atoms with Gasteiger partial charge in [-0.1, -0.05) is 13.8 Å². The molecule has 0 aliphatic heterocycles. The van der Waals surface area contributed by atoms with E-state index in [0.29, 0.717) is 5.75 Å². The molecule has 0 aliphatic carbocycles. The van der Waals surface area contributed by atoms with Gasteiger partial charge in [-0.25, -0.2) is 4.79 Å². The summed E-state index contributed by atoms with van der Waals surface area (Å²) in [5, 5.41) is 16.2. The Morgan fingerprint density at radius 3 is 1.93 bits per heavy atom. The lowest BCUT2D eigenvalue weighted by atomic mass is 10.0. The van der Waals surface area contributed by atoms with Crippen LogP contribution in [0.15, 0.2) is 0 Å². The van der Waals surface area contributed by atoms with E-state index in [1.165, 1.54) is 18.7 Å². The molecule has 0 saturated heterocycles. The summed E-state index contributed by atoms with van der Waals surface area (Å²) >= 11 is 1.43. The average molecular weight is 434 g/mol. The summed E-state index contributed by atoms with van der Waals surface area (Å²) in [7, 11) is 0. The second kappa shape index (κ2) is 13.0. The number of carboxylic acid groups (broad SMARTS) is 1. The van der Waals surface area contributed by atoms with Gasteiger partial charge in [0.05, 0.1) is 12.5 Å². The van der Waals surface area contributed by atoms with Gasteiger partial charge in [-0.2, -0.15) is 11.8 Å². The van der Waals surface area contributed by atoms with Crippen molar-refractivity contribution >= 4 is 41.4 Å². The van der Waals surface area contributed by atoms with Crippen LogP contribution in [0.1, 0.15) is 33.6 Å². The van der Waals surface area contributed by atoms with Crippen LogP contribution in [0.25, 0.3) is 0 Å². The van der Waals surface area contributed by atoms with Crippen molar-refractivity contribution in [1.29, 1.82) is 0 Å². The lowest BCUT2D eigenvalue weighted by molar-refractivity contribution is -0.142. The van der Waals surface area contributed by atoms with Crippen LogP contribution in [0.4, 0.5) is 0 Å². The van der Waals surface area contributed by atoms with Gasteiger partial charge in [0.1, 0.15) is 18.1 Å². The van der Waals surface area contributed by atoms with Gasteiger partial charge in [-0.05, 0) is 31.3 Å². The first-order chi connectivity index (χ1) is 13.4. The first-order valence-electron chi connectivity index (χ1n) is 9.07. The Labute approximate surface area is 174 Å². The lowest BCUT2D eigenvalue weighted by Gasteiger charge is -2.23. The highest BCUT2D eigenvalue weighted by Gasteiger charge is 2.29. The number of rotatable bonds is 13. The van der Waals surface area contributed by atoms with Crippen LogP contribution in [0.2, 0.25) is 0 Å². The third kappa shape index (κ3) is 10.1. The molecule has 0 radical (unpaired) electrons. The van der Waals surface area contributed by atoms with Crippen molar-refractivity contribution < 1.29 is 29.1 Å². The van der Waals surface area contributed by atoms with Crippen LogP contribution in [-0.4, -0.2) is 70.9 Å². The van der Waals surface area contributed by atoms with E-state index in [9.17, 15) is 29.1 Å². The summed E-state index contributed by atoms with van der Waals surface area (Å²) in [4.78, 5) is 59.3. The Balaban J connectivity index is 5.04. The molecule has 0 fully saturated rings. The second-order valence-electron chi connectivity index (χ2n) is 6.91. The fourth-order valence-corrected chi connectivity index (χ4v) is 2.62. The average Bonchev–Trinajstić information content (AvgIpc) is 2.62. The first kappa shape index (κ1) is 26.7. The standard InChI is InChI=1S/C17H31N5O6S/c1-8(2)13(19)16(26)22-11(7-12(18)23)15(25)20-9(3)14(24)21-10(17(27)28)5-6-29-4/h8-11,13H,5-7,19H2,1-4H3,(H2,18,23)(H,20,25)(H,21,24)(H,22,26)(H,27,28). The second-order valence-corrected chi connectivity index (χ2v) is 7.90. The highest BCUT2D eigenvalue weighted by Crippen LogP contribution is 2.03. The Kier molecular flexibility index (Phi) is 11.9. The summed E-state index contributed by atoms with van der Waals surface area (Å²) in [6.45, 7) is 4.79. The molecule has 0 bridgehead atoms. The van der Waals surface area contributed by atoms with E-state index in [4.69, 9.17) is 11.5 Å². The van der Waals surface area contributed by atoms with Crippen molar-refractivity contribution in [3.05, 3.63) is 0 Å². The minimum absolute atomic E-state index is 0.203. The van der Waals surface area contributed by atoms with Gasteiger partial charge in [0.25, 0.3) is 0 Å². The summed E-state index contributed by atoms with van der Waals surface area (Å²) in [6, 6.07) is -4.41. The minimum Gasteiger partial charge on any atom is -0.480 e. The summed E-state index contributed by atoms with van der Waals surface area (Å²) in [5.41, 5.74) is 10.9. The molecule has 0 aliphatic rings. The normalized spacial score (nSPS) is 15.0. The van der Waals surface area contributed by atoms with Gasteiger partial charge in [0.2, 0.25) is 23.6 Å². The molecular weight excluding hydrogens is 402 g/mol. The third-order valence-electron chi connectivity index (χ3n) is 4.04. The quantitative estimate of drug-likeness (QED) is 0.195. The topological polar surface area (TPSA) is 194 Å². The predicted octanol–water partition coefficient (Wildman–Crippen LogP) is -1.84. The monoisotopic (exact) mass is 433 g/mol. The van der Waals surface area contributed by atoms with Crippen molar-refractivity contribution in [3.63, 3.8) is 0 Å². The first-order valence-corrected chi connectivity index (χ1v) is 10.5. The molecule has 0 aromatic carbocycles. The number of primary amides is 1. The number of amides is 4. The van der Waals surface area contributed by atoms with Crippen LogP contribution in [0.3, 0.4) is 0 Å². The number of carbonyl (C=O) groups excluding carboxylic acids is 4. The molecule has 4 atom stereocenters. The molecule has 8 N–H and O–H groups in total. The highest BCUT2D eigenvalue weighted by atomic mass is 32.2. The zero-order valence-electron chi connectivity index (χ0n) is 17.1. The molecule has 4 unspecified atom stereocenters. The summed E-state index contributed by atoms with van der Waals surface area (Å²) < 4.78 is 0. The predicted molar refractivity (Wildman–Crippen MR) is 109 cm³/mol. The van der Waals surface area contributed by atoms with Crippen LogP contribution >= 0.6 is 11.8 Å². The van der Waals surface area contributed by atoms with Gasteiger partial charge < -0.3 is 32.5 Å². The number of carboxylic acids is 1. The van der Waals surface area contributed by atoms with E-state index in [1.54, 1.807) is 13.8 Å². The van der Waals surface area contributed by atoms with Crippen molar-refractivity contribution in [1.82, 2.24) is 16.0 Å². The van der Waals surface area contributed by atoms with E-state index in [0.717, 1.165) is 0 Å². The van der Waals surface area contributed by atoms with Gasteiger partial charge >= 0.3 is 5.97 Å². The number of nitrogens with one attached hydrogen (secondary N) is 3. The summed E-state index contributed by atoms with van der Waals surface area (Å²) in [6.07, 6.45) is 1.54. The minimum atomic E-state index is -1.31. The fourth-order valence-electron chi connectivity index (χ4n) is 2.15. The van der Waals surface area contributed by atoms with Gasteiger partial charge in [0.15, 0.2) is 0 Å². The number of thioether (sulfide) groups is 1. The highest BCUT2D eigenvalue weighted by molar-refractivity contribution is 7.98. The Bertz CT molecular complexity index is 615. The van der Waals surface area contributed by atoms with Gasteiger partial charge in [-0.15, -0.1) is 0 Å². The maximum Gasteiger partial charge on any atom is 0.326 e. The van der Waals surface area contributed by atoms with E-state index < -0.39 is 60.2 Å². The molecule has 0 rings (SSSR count). The molecule has 0 aromatic rings. The Morgan fingerprint density at radius 2 is 1.48 bits per heavy atom. The number of hydrogen-bond donors (Lipinski definition) is 6. The molecule has 166 valence electrons. The smallest absolute Gasteiger partial charge is 0.326 e. The molecule has 11 nitrogen and oxygen atoms in total. The zero-order valence-corrected chi connectivity index (χ0v) is 17.9. The van der Waals surface area contributed by atoms with Gasteiger partial charge in [0, 0.05) is 0 Å². The third-order valence-corrected chi connectivity index (χ3v) is 4.68. The van der Waals surface area contributed by atoms with Crippen LogP contribution in [0, 0.1) is 5.92 Å². The number of carbonyl (C=O) groups is 5. The van der Waals surface area contributed by atoms with E-state index in [1.807, 2.05) is 6.26 Å². The number of nitrogens with two attached hydrogens (primary N) is 2. The fraction of sp³-hybridized carbons (Fsp3) is 0.706. The van der Waals surface area contributed by atoms with Crippen LogP contribution in [-0.2, 0) is 24.0 Å². The van der Waals surface area contributed by atoms with Crippen molar-refractivity contribution in [2.75, 3.05) is 12.0 Å². The SMILES string of the molecule is CSCCC(NC(=O)C(C)NC(=O)C(CC(N)=O)NC(=O)C(N)C(C)C)C(=O)O. The maximum absolute atomic E-state index is 12.4. The molecule has 29 heavy (non-hydrogen) atoms. The molecule has 12 heteroatoms. The Hall–Kier alpha value is -2.34. The number of hydrogen-bond acceptors (Lipinski definition) is 7. The van der Waals surface area contributed by atoms with Crippen molar-refractivity contribution in [2.45, 2.75) is 57.8 Å². The zero-order chi connectivity index (χ0) is 22.7. The molecule has 4 amide bonds. The van der Waals surface area contributed by atoms with E-state index in [2.05, 4.69) is 16.0 Å². The molecule has 0 heterocycles. The molecule has 0 spiro atoms. The van der Waals surface area contributed by atoms with E-state index in [-0.39, 0.29) is 12.3 Å². The molecule has 0 saturated carbocycles. The van der Waals surface area contributed by atoms with Crippen LogP contribution in [0.5, 0.6) is 0 Å². The largest absolute Gasteiger partial charge is 0.480 e. The Morgan fingerprint density at radius 1 is 0.931 bits per heavy atom. The lowest BCUT2D eigenvalue weighted by Crippen LogP contribution is -2.57.